The largest absolute Gasteiger partial charge is 0.461 e. The molecule has 2 saturated heterocycles. The molecule has 2 heterocycles. The van der Waals surface area contributed by atoms with Crippen LogP contribution in [0.5, 0.6) is 0 Å². The molecule has 0 aliphatic carbocycles. The molecule has 0 saturated carbocycles. The maximum Gasteiger partial charge on any atom is 0.410 e. The smallest absolute Gasteiger partial charge is 0.410 e. The van der Waals surface area contributed by atoms with E-state index in [0.717, 1.165) is 12.0 Å². The number of benzene rings is 1. The Bertz CT molecular complexity index is 625. The molecule has 3 rings (SSSR count). The number of carbonyl (C=O) groups is 2. The molecule has 1 aromatic rings. The lowest BCUT2D eigenvalue weighted by Crippen LogP contribution is -2.36. The minimum atomic E-state index is -0.499. The fourth-order valence-corrected chi connectivity index (χ4v) is 3.45. The first kappa shape index (κ1) is 18.7. The molecule has 2 aliphatic heterocycles. The highest BCUT2D eigenvalue weighted by Crippen LogP contribution is 2.35. The number of amides is 1. The van der Waals surface area contributed by atoms with Gasteiger partial charge in [-0.15, -0.1) is 0 Å². The monoisotopic (exact) mass is 361 g/mol. The molecule has 0 radical (unpaired) electrons. The fourth-order valence-electron chi connectivity index (χ4n) is 3.45. The molecule has 1 aromatic carbocycles. The van der Waals surface area contributed by atoms with E-state index >= 15 is 0 Å². The summed E-state index contributed by atoms with van der Waals surface area (Å²) in [6.45, 7) is 7.00. The van der Waals surface area contributed by atoms with Crippen molar-refractivity contribution in [3.05, 3.63) is 35.9 Å². The van der Waals surface area contributed by atoms with Crippen LogP contribution in [0.2, 0.25) is 0 Å². The molecule has 6 heteroatoms. The average Bonchev–Trinajstić information content (AvgIpc) is 3.11. The highest BCUT2D eigenvalue weighted by molar-refractivity contribution is 5.70. The average molecular weight is 361 g/mol. The van der Waals surface area contributed by atoms with Gasteiger partial charge in [0.15, 0.2) is 0 Å². The Morgan fingerprint density at radius 1 is 1.19 bits per heavy atom. The zero-order valence-electron chi connectivity index (χ0n) is 15.6. The van der Waals surface area contributed by atoms with Crippen LogP contribution < -0.4 is 0 Å². The summed E-state index contributed by atoms with van der Waals surface area (Å²) in [4.78, 5) is 25.9. The second kappa shape index (κ2) is 7.66. The van der Waals surface area contributed by atoms with Crippen molar-refractivity contribution in [2.75, 3.05) is 13.1 Å². The van der Waals surface area contributed by atoms with Crippen LogP contribution in [0.15, 0.2) is 30.3 Å². The molecule has 3 unspecified atom stereocenters. The SMILES string of the molecule is CC(C)(C)OC(=O)N1CC2CC(CC(=O)OCc3ccccc3)OC2C1. The van der Waals surface area contributed by atoms with E-state index < -0.39 is 5.60 Å². The number of fused-ring (bicyclic) bond motifs is 1. The van der Waals surface area contributed by atoms with E-state index in [2.05, 4.69) is 0 Å². The molecular weight excluding hydrogens is 334 g/mol. The van der Waals surface area contributed by atoms with Crippen molar-refractivity contribution in [3.8, 4) is 0 Å². The Hall–Kier alpha value is -2.08. The summed E-state index contributed by atoms with van der Waals surface area (Å²) in [7, 11) is 0. The van der Waals surface area contributed by atoms with Gasteiger partial charge < -0.3 is 19.1 Å². The van der Waals surface area contributed by atoms with E-state index in [1.807, 2.05) is 51.1 Å². The van der Waals surface area contributed by atoms with Gasteiger partial charge in [0, 0.05) is 12.5 Å². The molecule has 0 bridgehead atoms. The molecular formula is C20H27NO5. The van der Waals surface area contributed by atoms with E-state index in [-0.39, 0.29) is 43.2 Å². The van der Waals surface area contributed by atoms with Gasteiger partial charge in [0.05, 0.1) is 25.2 Å². The molecule has 2 aliphatic rings. The molecule has 0 aromatic heterocycles. The van der Waals surface area contributed by atoms with Crippen molar-refractivity contribution in [1.29, 1.82) is 0 Å². The van der Waals surface area contributed by atoms with Crippen molar-refractivity contribution in [2.24, 2.45) is 5.92 Å². The predicted octanol–water partition coefficient (Wildman–Crippen LogP) is 3.14. The van der Waals surface area contributed by atoms with Gasteiger partial charge in [-0.05, 0) is 32.8 Å². The van der Waals surface area contributed by atoms with Gasteiger partial charge >= 0.3 is 12.1 Å². The van der Waals surface area contributed by atoms with E-state index in [4.69, 9.17) is 14.2 Å². The molecule has 142 valence electrons. The number of likely N-dealkylation sites (tertiary alicyclic amines) is 1. The van der Waals surface area contributed by atoms with Crippen molar-refractivity contribution in [2.45, 2.75) is 58.0 Å². The minimum absolute atomic E-state index is 0.0190. The standard InChI is InChI=1S/C20H27NO5/c1-20(2,3)26-19(23)21-11-15-9-16(25-17(15)12-21)10-18(22)24-13-14-7-5-4-6-8-14/h4-8,15-17H,9-13H2,1-3H3. The first-order valence-corrected chi connectivity index (χ1v) is 9.13. The van der Waals surface area contributed by atoms with E-state index in [9.17, 15) is 9.59 Å². The normalized spacial score (nSPS) is 25.0. The third-order valence-electron chi connectivity index (χ3n) is 4.60. The third kappa shape index (κ3) is 4.97. The summed E-state index contributed by atoms with van der Waals surface area (Å²) in [5.74, 6) is 0.0114. The maximum absolute atomic E-state index is 12.1. The molecule has 0 N–H and O–H groups in total. The van der Waals surface area contributed by atoms with Crippen LogP contribution in [0.3, 0.4) is 0 Å². The summed E-state index contributed by atoms with van der Waals surface area (Å²) < 4.78 is 16.7. The van der Waals surface area contributed by atoms with Gasteiger partial charge in [0.25, 0.3) is 0 Å². The topological polar surface area (TPSA) is 65.1 Å². The van der Waals surface area contributed by atoms with Crippen molar-refractivity contribution < 1.29 is 23.8 Å². The Balaban J connectivity index is 1.40. The van der Waals surface area contributed by atoms with Crippen LogP contribution in [0, 0.1) is 5.92 Å². The fraction of sp³-hybridized carbons (Fsp3) is 0.600. The zero-order chi connectivity index (χ0) is 18.7. The Labute approximate surface area is 154 Å². The molecule has 6 nitrogen and oxygen atoms in total. The van der Waals surface area contributed by atoms with Crippen molar-refractivity contribution in [3.63, 3.8) is 0 Å². The van der Waals surface area contributed by atoms with E-state index in [0.29, 0.717) is 13.1 Å². The van der Waals surface area contributed by atoms with Gasteiger partial charge in [-0.3, -0.25) is 4.79 Å². The van der Waals surface area contributed by atoms with Gasteiger partial charge in [-0.25, -0.2) is 4.79 Å². The Morgan fingerprint density at radius 3 is 2.58 bits per heavy atom. The zero-order valence-corrected chi connectivity index (χ0v) is 15.6. The number of carbonyl (C=O) groups excluding carboxylic acids is 2. The maximum atomic E-state index is 12.1. The highest BCUT2D eigenvalue weighted by atomic mass is 16.6. The summed E-state index contributed by atoms with van der Waals surface area (Å²) >= 11 is 0. The molecule has 2 fully saturated rings. The van der Waals surface area contributed by atoms with Crippen molar-refractivity contribution >= 4 is 12.1 Å². The number of esters is 1. The quantitative estimate of drug-likeness (QED) is 0.771. The van der Waals surface area contributed by atoms with Gasteiger partial charge in [0.2, 0.25) is 0 Å². The van der Waals surface area contributed by atoms with Crippen LogP contribution in [-0.2, 0) is 25.6 Å². The summed E-state index contributed by atoms with van der Waals surface area (Å²) in [6.07, 6.45) is 0.578. The molecule has 0 spiro atoms. The van der Waals surface area contributed by atoms with Crippen molar-refractivity contribution in [1.82, 2.24) is 4.90 Å². The van der Waals surface area contributed by atoms with Crippen LogP contribution in [0.25, 0.3) is 0 Å². The predicted molar refractivity (Wildman–Crippen MR) is 95.4 cm³/mol. The summed E-state index contributed by atoms with van der Waals surface area (Å²) in [5, 5.41) is 0. The number of ether oxygens (including phenoxy) is 3. The van der Waals surface area contributed by atoms with E-state index in [1.165, 1.54) is 0 Å². The number of hydrogen-bond acceptors (Lipinski definition) is 5. The number of nitrogens with zero attached hydrogens (tertiary/aromatic N) is 1. The molecule has 3 atom stereocenters. The number of rotatable bonds is 4. The first-order chi connectivity index (χ1) is 12.3. The Morgan fingerprint density at radius 2 is 1.92 bits per heavy atom. The number of hydrogen-bond donors (Lipinski definition) is 0. The summed E-state index contributed by atoms with van der Waals surface area (Å²) in [6, 6.07) is 9.61. The second-order valence-corrected chi connectivity index (χ2v) is 8.03. The highest BCUT2D eigenvalue weighted by Gasteiger charge is 2.44. The second-order valence-electron chi connectivity index (χ2n) is 8.03. The van der Waals surface area contributed by atoms with Gasteiger partial charge in [-0.1, -0.05) is 30.3 Å². The van der Waals surface area contributed by atoms with Crippen LogP contribution in [-0.4, -0.2) is 47.9 Å². The lowest BCUT2D eigenvalue weighted by Gasteiger charge is -2.25. The van der Waals surface area contributed by atoms with Crippen LogP contribution in [0.1, 0.15) is 39.2 Å². The van der Waals surface area contributed by atoms with Gasteiger partial charge in [-0.2, -0.15) is 0 Å². The lowest BCUT2D eigenvalue weighted by molar-refractivity contribution is -0.148. The first-order valence-electron chi connectivity index (χ1n) is 9.13. The van der Waals surface area contributed by atoms with Crippen LogP contribution in [0.4, 0.5) is 4.79 Å². The molecule has 26 heavy (non-hydrogen) atoms. The Kier molecular flexibility index (Phi) is 5.51. The van der Waals surface area contributed by atoms with Gasteiger partial charge in [0.1, 0.15) is 12.2 Å². The van der Waals surface area contributed by atoms with Crippen LogP contribution >= 0.6 is 0 Å². The lowest BCUT2D eigenvalue weighted by atomic mass is 10.0. The van der Waals surface area contributed by atoms with E-state index in [1.54, 1.807) is 4.90 Å². The summed E-state index contributed by atoms with van der Waals surface area (Å²) in [5.41, 5.74) is 0.471. The third-order valence-corrected chi connectivity index (χ3v) is 4.60. The minimum Gasteiger partial charge on any atom is -0.461 e. The molecule has 1 amide bonds.